The summed E-state index contributed by atoms with van der Waals surface area (Å²) >= 11 is 5.92. The molecule has 86 valence electrons. The molecule has 16 heavy (non-hydrogen) atoms. The molecule has 1 aliphatic rings. The van der Waals surface area contributed by atoms with E-state index in [-0.39, 0.29) is 17.9 Å². The van der Waals surface area contributed by atoms with Crippen LogP contribution >= 0.6 is 11.6 Å². The zero-order chi connectivity index (χ0) is 11.7. The molecule has 2 N–H and O–H groups in total. The molecule has 0 unspecified atom stereocenters. The van der Waals surface area contributed by atoms with Crippen molar-refractivity contribution < 1.29 is 9.53 Å². The summed E-state index contributed by atoms with van der Waals surface area (Å²) in [7, 11) is 1.41. The van der Waals surface area contributed by atoms with Gasteiger partial charge in [0.1, 0.15) is 0 Å². The fourth-order valence-electron chi connectivity index (χ4n) is 2.23. The third kappa shape index (κ3) is 2.06. The Morgan fingerprint density at radius 3 is 3.00 bits per heavy atom. The van der Waals surface area contributed by atoms with Crippen molar-refractivity contribution in [2.45, 2.75) is 18.9 Å². The molecule has 0 heterocycles. The van der Waals surface area contributed by atoms with E-state index in [4.69, 9.17) is 22.1 Å². The number of nitrogens with two attached hydrogens (primary N) is 1. The predicted molar refractivity (Wildman–Crippen MR) is 62.2 cm³/mol. The average Bonchev–Trinajstić information content (AvgIpc) is 2.28. The van der Waals surface area contributed by atoms with Crippen molar-refractivity contribution in [1.82, 2.24) is 0 Å². The molecular formula is C12H14ClNO2. The summed E-state index contributed by atoms with van der Waals surface area (Å²) in [4.78, 5) is 11.5. The molecule has 1 aliphatic carbocycles. The molecule has 0 fully saturated rings. The fourth-order valence-corrected chi connectivity index (χ4v) is 2.41. The lowest BCUT2D eigenvalue weighted by Gasteiger charge is -2.27. The van der Waals surface area contributed by atoms with Gasteiger partial charge in [-0.25, -0.2) is 0 Å². The Hall–Kier alpha value is -1.06. The van der Waals surface area contributed by atoms with Gasteiger partial charge < -0.3 is 10.5 Å². The van der Waals surface area contributed by atoms with Crippen molar-refractivity contribution in [1.29, 1.82) is 0 Å². The standard InChI is InChI=1S/C12H14ClNO2/c1-16-12(15)8-4-7-2-3-9(13)6-10(7)11(14)5-8/h2-3,6,8,11H,4-5,14H2,1H3/t8-,11+/m0/s1. The number of esters is 1. The van der Waals surface area contributed by atoms with Gasteiger partial charge in [0.05, 0.1) is 13.0 Å². The van der Waals surface area contributed by atoms with E-state index in [9.17, 15) is 4.79 Å². The lowest BCUT2D eigenvalue weighted by Crippen LogP contribution is -2.29. The Labute approximate surface area is 99.5 Å². The first-order valence-electron chi connectivity index (χ1n) is 5.23. The molecule has 0 aromatic heterocycles. The Kier molecular flexibility index (Phi) is 3.17. The number of carbonyl (C=O) groups excluding carboxylic acids is 1. The summed E-state index contributed by atoms with van der Waals surface area (Å²) in [6.07, 6.45) is 1.31. The first kappa shape index (κ1) is 11.4. The van der Waals surface area contributed by atoms with E-state index in [1.54, 1.807) is 0 Å². The molecule has 0 spiro atoms. The molecule has 0 bridgehead atoms. The van der Waals surface area contributed by atoms with Gasteiger partial charge in [0.15, 0.2) is 0 Å². The van der Waals surface area contributed by atoms with Crippen LogP contribution in [0.25, 0.3) is 0 Å². The van der Waals surface area contributed by atoms with Crippen LogP contribution in [0.3, 0.4) is 0 Å². The summed E-state index contributed by atoms with van der Waals surface area (Å²) in [5.74, 6) is -0.315. The van der Waals surface area contributed by atoms with E-state index < -0.39 is 0 Å². The first-order valence-corrected chi connectivity index (χ1v) is 5.61. The molecular weight excluding hydrogens is 226 g/mol. The van der Waals surface area contributed by atoms with Crippen molar-refractivity contribution in [2.24, 2.45) is 11.7 Å². The molecule has 4 heteroatoms. The first-order chi connectivity index (χ1) is 7.61. The zero-order valence-electron chi connectivity index (χ0n) is 9.07. The van der Waals surface area contributed by atoms with E-state index in [0.717, 1.165) is 11.1 Å². The average molecular weight is 240 g/mol. The number of carbonyl (C=O) groups is 1. The van der Waals surface area contributed by atoms with Crippen LogP contribution in [0.4, 0.5) is 0 Å². The smallest absolute Gasteiger partial charge is 0.309 e. The molecule has 3 nitrogen and oxygen atoms in total. The van der Waals surface area contributed by atoms with Gasteiger partial charge in [0.25, 0.3) is 0 Å². The van der Waals surface area contributed by atoms with E-state index in [2.05, 4.69) is 0 Å². The lowest BCUT2D eigenvalue weighted by atomic mass is 9.81. The monoisotopic (exact) mass is 239 g/mol. The second kappa shape index (κ2) is 4.44. The summed E-state index contributed by atoms with van der Waals surface area (Å²) in [5, 5.41) is 0.686. The van der Waals surface area contributed by atoms with Crippen molar-refractivity contribution >= 4 is 17.6 Å². The fraction of sp³-hybridized carbons (Fsp3) is 0.417. The maximum absolute atomic E-state index is 11.5. The zero-order valence-corrected chi connectivity index (χ0v) is 9.83. The van der Waals surface area contributed by atoms with Crippen LogP contribution in [0.5, 0.6) is 0 Å². The maximum atomic E-state index is 11.5. The number of hydrogen-bond donors (Lipinski definition) is 1. The number of halogens is 1. The van der Waals surface area contributed by atoms with Gasteiger partial charge in [-0.3, -0.25) is 4.79 Å². The normalized spacial score (nSPS) is 23.7. The van der Waals surface area contributed by atoms with Crippen LogP contribution in [-0.4, -0.2) is 13.1 Å². The summed E-state index contributed by atoms with van der Waals surface area (Å²) in [5.41, 5.74) is 8.18. The van der Waals surface area contributed by atoms with Crippen LogP contribution < -0.4 is 5.73 Å². The second-order valence-electron chi connectivity index (χ2n) is 4.11. The van der Waals surface area contributed by atoms with Crippen LogP contribution in [-0.2, 0) is 16.0 Å². The largest absolute Gasteiger partial charge is 0.469 e. The van der Waals surface area contributed by atoms with Crippen molar-refractivity contribution in [2.75, 3.05) is 7.11 Å². The topological polar surface area (TPSA) is 52.3 Å². The van der Waals surface area contributed by atoms with Crippen LogP contribution in [0.2, 0.25) is 5.02 Å². The summed E-state index contributed by atoms with van der Waals surface area (Å²) in [6.45, 7) is 0. The number of ether oxygens (including phenoxy) is 1. The molecule has 0 amide bonds. The maximum Gasteiger partial charge on any atom is 0.309 e. The van der Waals surface area contributed by atoms with Gasteiger partial charge >= 0.3 is 5.97 Å². The highest BCUT2D eigenvalue weighted by Crippen LogP contribution is 2.33. The molecule has 0 aliphatic heterocycles. The second-order valence-corrected chi connectivity index (χ2v) is 4.55. The minimum absolute atomic E-state index is 0.131. The molecule has 0 saturated heterocycles. The Balaban J connectivity index is 2.30. The van der Waals surface area contributed by atoms with Gasteiger partial charge in [-0.15, -0.1) is 0 Å². The molecule has 1 aromatic carbocycles. The molecule has 0 radical (unpaired) electrons. The highest BCUT2D eigenvalue weighted by atomic mass is 35.5. The van der Waals surface area contributed by atoms with Gasteiger partial charge in [-0.2, -0.15) is 0 Å². The van der Waals surface area contributed by atoms with Crippen LogP contribution in [0.1, 0.15) is 23.6 Å². The van der Waals surface area contributed by atoms with E-state index in [1.165, 1.54) is 7.11 Å². The Morgan fingerprint density at radius 1 is 1.56 bits per heavy atom. The van der Waals surface area contributed by atoms with E-state index >= 15 is 0 Å². The van der Waals surface area contributed by atoms with Gasteiger partial charge in [-0.1, -0.05) is 17.7 Å². The third-order valence-corrected chi connectivity index (χ3v) is 3.28. The lowest BCUT2D eigenvalue weighted by molar-refractivity contribution is -0.146. The minimum atomic E-state index is -0.184. The highest BCUT2D eigenvalue weighted by molar-refractivity contribution is 6.30. The van der Waals surface area contributed by atoms with E-state index in [1.807, 2.05) is 18.2 Å². The number of rotatable bonds is 1. The van der Waals surface area contributed by atoms with Gasteiger partial charge in [0.2, 0.25) is 0 Å². The Bertz CT molecular complexity index is 419. The van der Waals surface area contributed by atoms with Crippen LogP contribution in [0, 0.1) is 5.92 Å². The molecule has 0 saturated carbocycles. The van der Waals surface area contributed by atoms with Gasteiger partial charge in [0, 0.05) is 11.1 Å². The minimum Gasteiger partial charge on any atom is -0.469 e. The van der Waals surface area contributed by atoms with Crippen molar-refractivity contribution in [3.8, 4) is 0 Å². The van der Waals surface area contributed by atoms with Crippen molar-refractivity contribution in [3.05, 3.63) is 34.3 Å². The summed E-state index contributed by atoms with van der Waals surface area (Å²) < 4.78 is 4.76. The van der Waals surface area contributed by atoms with Crippen molar-refractivity contribution in [3.63, 3.8) is 0 Å². The summed E-state index contributed by atoms with van der Waals surface area (Å²) in [6, 6.07) is 5.51. The van der Waals surface area contributed by atoms with E-state index in [0.29, 0.717) is 17.9 Å². The number of hydrogen-bond acceptors (Lipinski definition) is 3. The molecule has 1 aromatic rings. The third-order valence-electron chi connectivity index (χ3n) is 3.05. The Morgan fingerprint density at radius 2 is 2.31 bits per heavy atom. The highest BCUT2D eigenvalue weighted by Gasteiger charge is 2.29. The molecule has 2 atom stereocenters. The van der Waals surface area contributed by atoms with Gasteiger partial charge in [-0.05, 0) is 36.1 Å². The number of methoxy groups -OCH3 is 1. The SMILES string of the molecule is COC(=O)[C@H]1Cc2ccc(Cl)cc2[C@H](N)C1. The molecule has 2 rings (SSSR count). The quantitative estimate of drug-likeness (QED) is 0.764. The van der Waals surface area contributed by atoms with Crippen LogP contribution in [0.15, 0.2) is 18.2 Å². The predicted octanol–water partition coefficient (Wildman–Crippen LogP) is 2.08. The number of fused-ring (bicyclic) bond motifs is 1. The number of benzene rings is 1.